The van der Waals surface area contributed by atoms with Crippen molar-refractivity contribution in [3.05, 3.63) is 29.3 Å². The molecular weight excluding hydrogens is 272 g/mol. The van der Waals surface area contributed by atoms with E-state index in [0.29, 0.717) is 12.1 Å². The van der Waals surface area contributed by atoms with Crippen molar-refractivity contribution in [2.45, 2.75) is 32.4 Å². The van der Waals surface area contributed by atoms with E-state index in [2.05, 4.69) is 17.6 Å². The van der Waals surface area contributed by atoms with Gasteiger partial charge in [-0.05, 0) is 44.0 Å². The lowest BCUT2D eigenvalue weighted by molar-refractivity contribution is 0.0954. The van der Waals surface area contributed by atoms with Gasteiger partial charge in [0.1, 0.15) is 0 Å². The Morgan fingerprint density at radius 1 is 1.40 bits per heavy atom. The number of carbonyl (C=O) groups is 1. The van der Waals surface area contributed by atoms with Crippen LogP contribution in [0.2, 0.25) is 0 Å². The number of hydrogen-bond acceptors (Lipinski definition) is 3. The molecule has 2 unspecified atom stereocenters. The SMILES string of the molecule is CCCNc1ccc(C(=O)NCC(C)S(C)=O)cc1C. The molecule has 2 N–H and O–H groups in total. The summed E-state index contributed by atoms with van der Waals surface area (Å²) in [6.07, 6.45) is 2.71. The molecule has 0 saturated carbocycles. The van der Waals surface area contributed by atoms with E-state index in [1.807, 2.05) is 32.0 Å². The molecule has 0 spiro atoms. The molecule has 0 aliphatic heterocycles. The van der Waals surface area contributed by atoms with Crippen LogP contribution >= 0.6 is 0 Å². The quantitative estimate of drug-likeness (QED) is 0.812. The van der Waals surface area contributed by atoms with Crippen LogP contribution in [0.5, 0.6) is 0 Å². The zero-order chi connectivity index (χ0) is 15.1. The van der Waals surface area contributed by atoms with Gasteiger partial charge in [0.05, 0.1) is 0 Å². The fourth-order valence-electron chi connectivity index (χ4n) is 1.72. The fraction of sp³-hybridized carbons (Fsp3) is 0.533. The molecule has 0 bridgehead atoms. The zero-order valence-corrected chi connectivity index (χ0v) is 13.5. The van der Waals surface area contributed by atoms with E-state index in [9.17, 15) is 9.00 Å². The van der Waals surface area contributed by atoms with Gasteiger partial charge in [-0.25, -0.2) is 0 Å². The first kappa shape index (κ1) is 16.7. The summed E-state index contributed by atoms with van der Waals surface area (Å²) in [6.45, 7) is 7.31. The molecule has 2 atom stereocenters. The van der Waals surface area contributed by atoms with E-state index in [1.165, 1.54) is 0 Å². The number of benzene rings is 1. The van der Waals surface area contributed by atoms with Crippen LogP contribution < -0.4 is 10.6 Å². The molecule has 0 aliphatic rings. The monoisotopic (exact) mass is 296 g/mol. The molecule has 1 rings (SSSR count). The Balaban J connectivity index is 2.65. The van der Waals surface area contributed by atoms with Crippen LogP contribution in [0.1, 0.15) is 36.2 Å². The van der Waals surface area contributed by atoms with Crippen LogP contribution in [0, 0.1) is 6.92 Å². The van der Waals surface area contributed by atoms with Crippen molar-refractivity contribution in [3.8, 4) is 0 Å². The van der Waals surface area contributed by atoms with E-state index < -0.39 is 10.8 Å². The first-order valence-corrected chi connectivity index (χ1v) is 8.52. The van der Waals surface area contributed by atoms with Crippen LogP contribution in [-0.4, -0.2) is 34.7 Å². The number of nitrogens with one attached hydrogen (secondary N) is 2. The van der Waals surface area contributed by atoms with Crippen LogP contribution in [0.3, 0.4) is 0 Å². The fourth-order valence-corrected chi connectivity index (χ4v) is 2.04. The number of aryl methyl sites for hydroxylation is 1. The second kappa shape index (κ2) is 8.04. The lowest BCUT2D eigenvalue weighted by Gasteiger charge is -2.12. The molecule has 20 heavy (non-hydrogen) atoms. The highest BCUT2D eigenvalue weighted by atomic mass is 32.2. The molecule has 0 fully saturated rings. The van der Waals surface area contributed by atoms with Crippen LogP contribution in [0.15, 0.2) is 18.2 Å². The predicted molar refractivity (Wildman–Crippen MR) is 85.8 cm³/mol. The van der Waals surface area contributed by atoms with E-state index in [1.54, 1.807) is 6.26 Å². The van der Waals surface area contributed by atoms with Crippen molar-refractivity contribution in [3.63, 3.8) is 0 Å². The zero-order valence-electron chi connectivity index (χ0n) is 12.7. The summed E-state index contributed by atoms with van der Waals surface area (Å²) in [5.74, 6) is -0.118. The molecule has 1 aromatic rings. The Morgan fingerprint density at radius 2 is 2.10 bits per heavy atom. The molecule has 0 heterocycles. The third kappa shape index (κ3) is 4.96. The minimum absolute atomic E-state index is 0.0365. The number of amides is 1. The smallest absolute Gasteiger partial charge is 0.251 e. The third-order valence-electron chi connectivity index (χ3n) is 3.17. The third-order valence-corrected chi connectivity index (χ3v) is 4.47. The molecule has 112 valence electrons. The van der Waals surface area contributed by atoms with E-state index >= 15 is 0 Å². The molecule has 4 nitrogen and oxygen atoms in total. The van der Waals surface area contributed by atoms with Crippen molar-refractivity contribution in [1.82, 2.24) is 5.32 Å². The maximum Gasteiger partial charge on any atom is 0.251 e. The lowest BCUT2D eigenvalue weighted by Crippen LogP contribution is -2.32. The largest absolute Gasteiger partial charge is 0.385 e. The van der Waals surface area contributed by atoms with E-state index in [0.717, 1.165) is 24.2 Å². The Kier molecular flexibility index (Phi) is 6.71. The average molecular weight is 296 g/mol. The average Bonchev–Trinajstić information content (AvgIpc) is 2.42. The number of rotatable bonds is 7. The minimum atomic E-state index is -0.920. The van der Waals surface area contributed by atoms with Crippen LogP contribution in [0.4, 0.5) is 5.69 Å². The molecule has 0 saturated heterocycles. The molecule has 0 aromatic heterocycles. The maximum absolute atomic E-state index is 12.0. The highest BCUT2D eigenvalue weighted by Crippen LogP contribution is 2.16. The van der Waals surface area contributed by atoms with Crippen LogP contribution in [-0.2, 0) is 10.8 Å². The topological polar surface area (TPSA) is 58.2 Å². The number of anilines is 1. The van der Waals surface area contributed by atoms with Gasteiger partial charge < -0.3 is 10.6 Å². The molecular formula is C15H24N2O2S. The summed E-state index contributed by atoms with van der Waals surface area (Å²) in [6, 6.07) is 5.62. The Bertz CT molecular complexity index is 489. The van der Waals surface area contributed by atoms with E-state index in [-0.39, 0.29) is 11.2 Å². The summed E-state index contributed by atoms with van der Waals surface area (Å²) < 4.78 is 11.2. The van der Waals surface area contributed by atoms with E-state index in [4.69, 9.17) is 0 Å². The van der Waals surface area contributed by atoms with Crippen LogP contribution in [0.25, 0.3) is 0 Å². The molecule has 1 aromatic carbocycles. The van der Waals surface area contributed by atoms with Gasteiger partial charge in [0.25, 0.3) is 5.91 Å². The van der Waals surface area contributed by atoms with Gasteiger partial charge in [0.2, 0.25) is 0 Å². The summed E-state index contributed by atoms with van der Waals surface area (Å²) in [5, 5.41) is 6.10. The second-order valence-corrected chi connectivity index (χ2v) is 6.78. The Hall–Kier alpha value is -1.36. The van der Waals surface area contributed by atoms with Crippen molar-refractivity contribution < 1.29 is 9.00 Å². The summed E-state index contributed by atoms with van der Waals surface area (Å²) in [7, 11) is -0.920. The normalized spacial score (nSPS) is 13.6. The standard InChI is InChI=1S/C15H24N2O2S/c1-5-8-16-14-7-6-13(9-11(14)2)15(18)17-10-12(3)20(4)19/h6-7,9,12,16H,5,8,10H2,1-4H3,(H,17,18). The van der Waals surface area contributed by atoms with Crippen molar-refractivity contribution in [2.24, 2.45) is 0 Å². The second-order valence-electron chi connectivity index (χ2n) is 4.98. The van der Waals surface area contributed by atoms with Crippen molar-refractivity contribution in [2.75, 3.05) is 24.7 Å². The van der Waals surface area contributed by atoms with Gasteiger partial charge in [-0.3, -0.25) is 9.00 Å². The van der Waals surface area contributed by atoms with Crippen molar-refractivity contribution in [1.29, 1.82) is 0 Å². The summed E-state index contributed by atoms with van der Waals surface area (Å²) in [4.78, 5) is 12.0. The summed E-state index contributed by atoms with van der Waals surface area (Å²) >= 11 is 0. The maximum atomic E-state index is 12.0. The Morgan fingerprint density at radius 3 is 2.65 bits per heavy atom. The molecule has 1 amide bonds. The summed E-state index contributed by atoms with van der Waals surface area (Å²) in [5.41, 5.74) is 2.75. The number of carbonyl (C=O) groups excluding carboxylic acids is 1. The molecule has 0 aliphatic carbocycles. The minimum Gasteiger partial charge on any atom is -0.385 e. The van der Waals surface area contributed by atoms with Gasteiger partial charge in [0.15, 0.2) is 0 Å². The van der Waals surface area contributed by atoms with Gasteiger partial charge in [-0.2, -0.15) is 0 Å². The van der Waals surface area contributed by atoms with Gasteiger partial charge in [-0.15, -0.1) is 0 Å². The first-order chi connectivity index (χ1) is 9.45. The van der Waals surface area contributed by atoms with Gasteiger partial charge in [0, 0.05) is 46.6 Å². The van der Waals surface area contributed by atoms with Gasteiger partial charge in [-0.1, -0.05) is 6.92 Å². The lowest BCUT2D eigenvalue weighted by atomic mass is 10.1. The highest BCUT2D eigenvalue weighted by Gasteiger charge is 2.11. The molecule has 5 heteroatoms. The number of hydrogen-bond donors (Lipinski definition) is 2. The molecule has 0 radical (unpaired) electrons. The van der Waals surface area contributed by atoms with Gasteiger partial charge >= 0.3 is 0 Å². The predicted octanol–water partition coefficient (Wildman–Crippen LogP) is 2.31. The first-order valence-electron chi connectivity index (χ1n) is 6.90. The Labute approximate surface area is 123 Å². The highest BCUT2D eigenvalue weighted by molar-refractivity contribution is 7.84. The van der Waals surface area contributed by atoms with Crippen molar-refractivity contribution >= 4 is 22.4 Å².